The molecule has 0 saturated carbocycles. The summed E-state index contributed by atoms with van der Waals surface area (Å²) < 4.78 is 31.1. The van der Waals surface area contributed by atoms with Crippen molar-refractivity contribution in [2.24, 2.45) is 0 Å². The number of amides is 1. The number of rotatable bonds is 7. The Kier molecular flexibility index (Phi) is 6.08. The lowest BCUT2D eigenvalue weighted by atomic mass is 10.0. The van der Waals surface area contributed by atoms with Gasteiger partial charge in [-0.1, -0.05) is 48.5 Å². The molecule has 2 heterocycles. The number of ether oxygens (including phenoxy) is 1. The van der Waals surface area contributed by atoms with E-state index in [1.54, 1.807) is 10.7 Å². The number of carbonyl (C=O) groups excluding carboxylic acids is 1. The van der Waals surface area contributed by atoms with Crippen molar-refractivity contribution in [3.05, 3.63) is 77.5 Å². The standard InChI is InChI=1S/C23H25N3O4S/c1-17-13-22(26(25-17)20-11-12-31(28,29)16-20)24-23(27)15-30-21-10-6-5-9-19(21)14-18-7-3-2-4-8-18/h2-10,13,20H,11-12,14-16H2,1H3,(H,24,27)/t20-/m0/s1. The fourth-order valence-electron chi connectivity index (χ4n) is 3.79. The van der Waals surface area contributed by atoms with Crippen molar-refractivity contribution in [1.29, 1.82) is 0 Å². The maximum Gasteiger partial charge on any atom is 0.263 e. The third-order valence-corrected chi connectivity index (χ3v) is 7.00. The van der Waals surface area contributed by atoms with Gasteiger partial charge in [0.1, 0.15) is 11.6 Å². The summed E-state index contributed by atoms with van der Waals surface area (Å²) in [5, 5.41) is 7.20. The zero-order valence-corrected chi connectivity index (χ0v) is 18.1. The minimum atomic E-state index is -3.05. The highest BCUT2D eigenvalue weighted by Crippen LogP contribution is 2.27. The summed E-state index contributed by atoms with van der Waals surface area (Å²) in [4.78, 5) is 12.6. The molecule has 8 heteroatoms. The molecule has 1 aromatic heterocycles. The molecule has 0 aliphatic carbocycles. The van der Waals surface area contributed by atoms with Gasteiger partial charge in [0, 0.05) is 12.5 Å². The second kappa shape index (κ2) is 8.93. The van der Waals surface area contributed by atoms with Crippen LogP contribution in [0.1, 0.15) is 29.3 Å². The topological polar surface area (TPSA) is 90.3 Å². The largest absolute Gasteiger partial charge is 0.483 e. The number of hydrogen-bond acceptors (Lipinski definition) is 5. The molecule has 4 rings (SSSR count). The summed E-state index contributed by atoms with van der Waals surface area (Å²) in [6, 6.07) is 19.2. The van der Waals surface area contributed by atoms with E-state index in [1.807, 2.05) is 49.4 Å². The number of aryl methyl sites for hydroxylation is 1. The Morgan fingerprint density at radius 1 is 1.16 bits per heavy atom. The molecule has 2 aromatic carbocycles. The van der Waals surface area contributed by atoms with Crippen molar-refractivity contribution < 1.29 is 17.9 Å². The first-order valence-electron chi connectivity index (χ1n) is 10.2. The molecule has 0 unspecified atom stereocenters. The number of nitrogens with one attached hydrogen (secondary N) is 1. The van der Waals surface area contributed by atoms with Gasteiger partial charge in [0.25, 0.3) is 5.91 Å². The predicted molar refractivity (Wildman–Crippen MR) is 119 cm³/mol. The molecule has 1 aliphatic heterocycles. The van der Waals surface area contributed by atoms with Gasteiger partial charge < -0.3 is 10.1 Å². The first kappa shape index (κ1) is 21.1. The maximum atomic E-state index is 12.6. The molecule has 1 atom stereocenters. The van der Waals surface area contributed by atoms with Crippen molar-refractivity contribution in [3.8, 4) is 5.75 Å². The zero-order valence-electron chi connectivity index (χ0n) is 17.3. The van der Waals surface area contributed by atoms with Crippen LogP contribution in [0.4, 0.5) is 5.82 Å². The molecule has 3 aromatic rings. The minimum absolute atomic E-state index is 0.0420. The quantitative estimate of drug-likeness (QED) is 0.611. The van der Waals surface area contributed by atoms with Gasteiger partial charge in [0.05, 0.1) is 23.2 Å². The van der Waals surface area contributed by atoms with Crippen molar-refractivity contribution >= 4 is 21.6 Å². The summed E-state index contributed by atoms with van der Waals surface area (Å²) in [5.41, 5.74) is 2.88. The first-order valence-corrected chi connectivity index (χ1v) is 12.0. The monoisotopic (exact) mass is 439 g/mol. The van der Waals surface area contributed by atoms with E-state index in [4.69, 9.17) is 4.74 Å². The Morgan fingerprint density at radius 3 is 2.65 bits per heavy atom. The van der Waals surface area contributed by atoms with Crippen LogP contribution in [0.5, 0.6) is 5.75 Å². The smallest absolute Gasteiger partial charge is 0.263 e. The Balaban J connectivity index is 1.41. The van der Waals surface area contributed by atoms with Gasteiger partial charge in [-0.3, -0.25) is 4.79 Å². The summed E-state index contributed by atoms with van der Waals surface area (Å²) in [6.45, 7) is 1.66. The van der Waals surface area contributed by atoms with Gasteiger partial charge >= 0.3 is 0 Å². The predicted octanol–water partition coefficient (Wildman–Crippen LogP) is 3.16. The first-order chi connectivity index (χ1) is 14.9. The highest BCUT2D eigenvalue weighted by Gasteiger charge is 2.31. The van der Waals surface area contributed by atoms with E-state index in [0.29, 0.717) is 30.1 Å². The lowest BCUT2D eigenvalue weighted by Crippen LogP contribution is -2.24. The minimum Gasteiger partial charge on any atom is -0.483 e. The van der Waals surface area contributed by atoms with Crippen LogP contribution in [0.3, 0.4) is 0 Å². The number of anilines is 1. The fraction of sp³-hybridized carbons (Fsp3) is 0.304. The van der Waals surface area contributed by atoms with E-state index in [1.165, 1.54) is 0 Å². The third kappa shape index (κ3) is 5.32. The second-order valence-corrected chi connectivity index (χ2v) is 10.0. The molecular weight excluding hydrogens is 414 g/mol. The van der Waals surface area contributed by atoms with Gasteiger partial charge in [0.15, 0.2) is 16.4 Å². The molecular formula is C23H25N3O4S. The van der Waals surface area contributed by atoms with Crippen LogP contribution in [0, 0.1) is 6.92 Å². The Labute approximate surface area is 182 Å². The number of carbonyl (C=O) groups is 1. The summed E-state index contributed by atoms with van der Waals surface area (Å²) in [7, 11) is -3.05. The van der Waals surface area contributed by atoms with Crippen LogP contribution in [0.25, 0.3) is 0 Å². The molecule has 0 bridgehead atoms. The van der Waals surface area contributed by atoms with E-state index < -0.39 is 9.84 Å². The molecule has 1 amide bonds. The number of para-hydroxylation sites is 1. The van der Waals surface area contributed by atoms with E-state index in [9.17, 15) is 13.2 Å². The van der Waals surface area contributed by atoms with E-state index in [-0.39, 0.29) is 30.1 Å². The van der Waals surface area contributed by atoms with Crippen LogP contribution in [-0.2, 0) is 21.1 Å². The van der Waals surface area contributed by atoms with Gasteiger partial charge in [0.2, 0.25) is 0 Å². The lowest BCUT2D eigenvalue weighted by Gasteiger charge is -2.15. The third-order valence-electron chi connectivity index (χ3n) is 5.25. The van der Waals surface area contributed by atoms with Crippen molar-refractivity contribution in [2.45, 2.75) is 25.8 Å². The van der Waals surface area contributed by atoms with Gasteiger partial charge in [-0.2, -0.15) is 5.10 Å². The van der Waals surface area contributed by atoms with Crippen LogP contribution >= 0.6 is 0 Å². The van der Waals surface area contributed by atoms with Crippen molar-refractivity contribution in [3.63, 3.8) is 0 Å². The highest BCUT2D eigenvalue weighted by molar-refractivity contribution is 7.91. The highest BCUT2D eigenvalue weighted by atomic mass is 32.2. The Bertz CT molecular complexity index is 1170. The van der Waals surface area contributed by atoms with Gasteiger partial charge in [-0.15, -0.1) is 0 Å². The van der Waals surface area contributed by atoms with Crippen LogP contribution in [-0.4, -0.2) is 42.2 Å². The SMILES string of the molecule is Cc1cc(NC(=O)COc2ccccc2Cc2ccccc2)n([C@H]2CCS(=O)(=O)C2)n1. The molecule has 0 radical (unpaired) electrons. The van der Waals surface area contributed by atoms with E-state index >= 15 is 0 Å². The number of nitrogens with zero attached hydrogens (tertiary/aromatic N) is 2. The summed E-state index contributed by atoms with van der Waals surface area (Å²) in [5.74, 6) is 1.02. The molecule has 1 aliphatic rings. The molecule has 31 heavy (non-hydrogen) atoms. The summed E-state index contributed by atoms with van der Waals surface area (Å²) >= 11 is 0. The number of benzene rings is 2. The Morgan fingerprint density at radius 2 is 1.90 bits per heavy atom. The second-order valence-electron chi connectivity index (χ2n) is 7.78. The van der Waals surface area contributed by atoms with E-state index in [2.05, 4.69) is 22.5 Å². The van der Waals surface area contributed by atoms with Crippen LogP contribution in [0.15, 0.2) is 60.7 Å². The molecule has 1 N–H and O–H groups in total. The molecule has 1 fully saturated rings. The zero-order chi connectivity index (χ0) is 21.8. The fourth-order valence-corrected chi connectivity index (χ4v) is 5.48. The van der Waals surface area contributed by atoms with Gasteiger partial charge in [-0.05, 0) is 30.5 Å². The van der Waals surface area contributed by atoms with E-state index in [0.717, 1.165) is 11.1 Å². The van der Waals surface area contributed by atoms with Gasteiger partial charge in [-0.25, -0.2) is 13.1 Å². The molecule has 0 spiro atoms. The molecule has 162 valence electrons. The van der Waals surface area contributed by atoms with Crippen molar-refractivity contribution in [1.82, 2.24) is 9.78 Å². The normalized spacial score (nSPS) is 17.4. The van der Waals surface area contributed by atoms with Crippen molar-refractivity contribution in [2.75, 3.05) is 23.4 Å². The van der Waals surface area contributed by atoms with Crippen LogP contribution in [0.2, 0.25) is 0 Å². The number of sulfone groups is 1. The molecule has 7 nitrogen and oxygen atoms in total. The number of hydrogen-bond donors (Lipinski definition) is 1. The number of aromatic nitrogens is 2. The average molecular weight is 440 g/mol. The summed E-state index contributed by atoms with van der Waals surface area (Å²) in [6.07, 6.45) is 1.20. The average Bonchev–Trinajstić information content (AvgIpc) is 3.29. The lowest BCUT2D eigenvalue weighted by molar-refractivity contribution is -0.118. The maximum absolute atomic E-state index is 12.6. The van der Waals surface area contributed by atoms with Crippen LogP contribution < -0.4 is 10.1 Å². The Hall–Kier alpha value is -3.13. The molecule has 1 saturated heterocycles.